The smallest absolute Gasteiger partial charge is 0.409 e. The molecule has 0 bridgehead atoms. The SMILES string of the molecule is CCOC(=O)N1CCC(C(=O)Nc2nc(C)cs2)CC1. The summed E-state index contributed by atoms with van der Waals surface area (Å²) in [5.41, 5.74) is 0.905. The van der Waals surface area contributed by atoms with E-state index in [0.29, 0.717) is 37.7 Å². The summed E-state index contributed by atoms with van der Waals surface area (Å²) < 4.78 is 4.95. The number of likely N-dealkylation sites (tertiary alicyclic amines) is 1. The van der Waals surface area contributed by atoms with E-state index >= 15 is 0 Å². The number of rotatable bonds is 3. The number of hydrogen-bond donors (Lipinski definition) is 1. The third-order valence-corrected chi connectivity index (χ3v) is 4.12. The highest BCUT2D eigenvalue weighted by molar-refractivity contribution is 7.13. The molecule has 0 radical (unpaired) electrons. The van der Waals surface area contributed by atoms with Crippen LogP contribution >= 0.6 is 11.3 Å². The van der Waals surface area contributed by atoms with Crippen LogP contribution in [0.5, 0.6) is 0 Å². The predicted octanol–water partition coefficient (Wildman–Crippen LogP) is 2.26. The van der Waals surface area contributed by atoms with E-state index in [9.17, 15) is 9.59 Å². The molecule has 1 aromatic rings. The summed E-state index contributed by atoms with van der Waals surface area (Å²) in [4.78, 5) is 29.5. The number of hydrogen-bond acceptors (Lipinski definition) is 5. The third-order valence-electron chi connectivity index (χ3n) is 3.24. The summed E-state index contributed by atoms with van der Waals surface area (Å²) in [7, 11) is 0. The molecule has 2 rings (SSSR count). The fourth-order valence-electron chi connectivity index (χ4n) is 2.16. The van der Waals surface area contributed by atoms with Crippen molar-refractivity contribution >= 4 is 28.5 Å². The van der Waals surface area contributed by atoms with Gasteiger partial charge in [0.15, 0.2) is 5.13 Å². The van der Waals surface area contributed by atoms with Crippen LogP contribution < -0.4 is 5.32 Å². The molecule has 2 amide bonds. The maximum absolute atomic E-state index is 12.1. The first-order valence-electron chi connectivity index (χ1n) is 6.75. The van der Waals surface area contributed by atoms with E-state index in [-0.39, 0.29) is 17.9 Å². The fraction of sp³-hybridized carbons (Fsp3) is 0.615. The van der Waals surface area contributed by atoms with Crippen molar-refractivity contribution in [3.63, 3.8) is 0 Å². The molecule has 6 nitrogen and oxygen atoms in total. The second-order valence-electron chi connectivity index (χ2n) is 4.74. The van der Waals surface area contributed by atoms with E-state index in [4.69, 9.17) is 4.74 Å². The molecule has 0 aliphatic carbocycles. The quantitative estimate of drug-likeness (QED) is 0.929. The molecule has 0 unspecified atom stereocenters. The molecule has 1 saturated heterocycles. The van der Waals surface area contributed by atoms with Gasteiger partial charge in [0.05, 0.1) is 12.3 Å². The molecular formula is C13H19N3O3S. The van der Waals surface area contributed by atoms with E-state index in [2.05, 4.69) is 10.3 Å². The average molecular weight is 297 g/mol. The predicted molar refractivity (Wildman–Crippen MR) is 76.8 cm³/mol. The highest BCUT2D eigenvalue weighted by Crippen LogP contribution is 2.21. The van der Waals surface area contributed by atoms with Crippen molar-refractivity contribution < 1.29 is 14.3 Å². The topological polar surface area (TPSA) is 71.5 Å². The highest BCUT2D eigenvalue weighted by Gasteiger charge is 2.28. The van der Waals surface area contributed by atoms with Crippen LogP contribution in [0.25, 0.3) is 0 Å². The van der Waals surface area contributed by atoms with Crippen molar-refractivity contribution in [2.45, 2.75) is 26.7 Å². The summed E-state index contributed by atoms with van der Waals surface area (Å²) in [6, 6.07) is 0. The largest absolute Gasteiger partial charge is 0.450 e. The lowest BCUT2D eigenvalue weighted by molar-refractivity contribution is -0.121. The number of nitrogens with zero attached hydrogens (tertiary/aromatic N) is 2. The molecule has 1 aliphatic heterocycles. The lowest BCUT2D eigenvalue weighted by Crippen LogP contribution is -2.41. The first kappa shape index (κ1) is 14.8. The number of amides is 2. The number of anilines is 1. The van der Waals surface area contributed by atoms with Crippen LogP contribution in [0, 0.1) is 12.8 Å². The number of ether oxygens (including phenoxy) is 1. The third kappa shape index (κ3) is 3.69. The normalized spacial score (nSPS) is 16.0. The van der Waals surface area contributed by atoms with Crippen molar-refractivity contribution in [3.8, 4) is 0 Å². The first-order valence-corrected chi connectivity index (χ1v) is 7.62. The van der Waals surface area contributed by atoms with Gasteiger partial charge in [0.1, 0.15) is 0 Å². The average Bonchev–Trinajstić information content (AvgIpc) is 2.84. The highest BCUT2D eigenvalue weighted by atomic mass is 32.1. The number of nitrogens with one attached hydrogen (secondary N) is 1. The van der Waals surface area contributed by atoms with Crippen LogP contribution in [0.3, 0.4) is 0 Å². The number of aryl methyl sites for hydroxylation is 1. The van der Waals surface area contributed by atoms with Gasteiger partial charge >= 0.3 is 6.09 Å². The molecule has 0 atom stereocenters. The van der Waals surface area contributed by atoms with Crippen LogP contribution in [0.4, 0.5) is 9.93 Å². The van der Waals surface area contributed by atoms with Gasteiger partial charge in [-0.25, -0.2) is 9.78 Å². The zero-order valence-corrected chi connectivity index (χ0v) is 12.5. The Bertz CT molecular complexity index is 481. The molecule has 1 N–H and O–H groups in total. The van der Waals surface area contributed by atoms with E-state index in [1.54, 1.807) is 11.8 Å². The number of carbonyl (C=O) groups excluding carboxylic acids is 2. The number of aromatic nitrogens is 1. The Hall–Kier alpha value is -1.63. The van der Waals surface area contributed by atoms with Crippen LogP contribution in [-0.2, 0) is 9.53 Å². The minimum absolute atomic E-state index is 0.0112. The van der Waals surface area contributed by atoms with Gasteiger partial charge in [-0.15, -0.1) is 11.3 Å². The Balaban J connectivity index is 1.81. The fourth-order valence-corrected chi connectivity index (χ4v) is 2.85. The second-order valence-corrected chi connectivity index (χ2v) is 5.60. The molecule has 1 fully saturated rings. The summed E-state index contributed by atoms with van der Waals surface area (Å²) in [6.07, 6.45) is 1.03. The van der Waals surface area contributed by atoms with E-state index in [1.165, 1.54) is 11.3 Å². The first-order chi connectivity index (χ1) is 9.60. The zero-order valence-electron chi connectivity index (χ0n) is 11.7. The van der Waals surface area contributed by atoms with Gasteiger partial charge in [-0.2, -0.15) is 0 Å². The summed E-state index contributed by atoms with van der Waals surface area (Å²) >= 11 is 1.43. The van der Waals surface area contributed by atoms with Gasteiger partial charge in [-0.05, 0) is 26.7 Å². The molecular weight excluding hydrogens is 278 g/mol. The molecule has 20 heavy (non-hydrogen) atoms. The van der Waals surface area contributed by atoms with Gasteiger partial charge in [0.25, 0.3) is 0 Å². The van der Waals surface area contributed by atoms with E-state index < -0.39 is 0 Å². The van der Waals surface area contributed by atoms with Crippen LogP contribution in [-0.4, -0.2) is 41.6 Å². The number of carbonyl (C=O) groups is 2. The van der Waals surface area contributed by atoms with Gasteiger partial charge in [0, 0.05) is 24.4 Å². The Kier molecular flexibility index (Phi) is 4.94. The summed E-state index contributed by atoms with van der Waals surface area (Å²) in [5, 5.41) is 5.38. The van der Waals surface area contributed by atoms with Gasteiger partial charge in [-0.3, -0.25) is 4.79 Å². The lowest BCUT2D eigenvalue weighted by atomic mass is 9.96. The standard InChI is InChI=1S/C13H19N3O3S/c1-3-19-13(18)16-6-4-10(5-7-16)11(17)15-12-14-9(2)8-20-12/h8,10H,3-7H2,1-2H3,(H,14,15,17). The molecule has 0 saturated carbocycles. The van der Waals surface area contributed by atoms with Crippen molar-refractivity contribution in [2.75, 3.05) is 25.0 Å². The molecule has 1 aromatic heterocycles. The van der Waals surface area contributed by atoms with Crippen LogP contribution in [0.15, 0.2) is 5.38 Å². The van der Waals surface area contributed by atoms with Crippen molar-refractivity contribution in [1.29, 1.82) is 0 Å². The monoisotopic (exact) mass is 297 g/mol. The summed E-state index contributed by atoms with van der Waals surface area (Å²) in [5.74, 6) is -0.0762. The minimum atomic E-state index is -0.290. The van der Waals surface area contributed by atoms with E-state index in [1.807, 2.05) is 12.3 Å². The summed E-state index contributed by atoms with van der Waals surface area (Å²) in [6.45, 7) is 5.18. The second kappa shape index (κ2) is 6.69. The number of thiazole rings is 1. The van der Waals surface area contributed by atoms with Crippen molar-refractivity contribution in [2.24, 2.45) is 5.92 Å². The Morgan fingerprint density at radius 3 is 2.75 bits per heavy atom. The number of piperidine rings is 1. The van der Waals surface area contributed by atoms with Crippen LogP contribution in [0.1, 0.15) is 25.5 Å². The molecule has 110 valence electrons. The molecule has 0 spiro atoms. The van der Waals surface area contributed by atoms with Gasteiger partial charge in [-0.1, -0.05) is 0 Å². The van der Waals surface area contributed by atoms with Crippen molar-refractivity contribution in [3.05, 3.63) is 11.1 Å². The minimum Gasteiger partial charge on any atom is -0.450 e. The lowest BCUT2D eigenvalue weighted by Gasteiger charge is -2.30. The Labute approximate surface area is 122 Å². The Morgan fingerprint density at radius 1 is 1.50 bits per heavy atom. The van der Waals surface area contributed by atoms with Crippen LogP contribution in [0.2, 0.25) is 0 Å². The Morgan fingerprint density at radius 2 is 2.20 bits per heavy atom. The molecule has 0 aromatic carbocycles. The molecule has 1 aliphatic rings. The van der Waals surface area contributed by atoms with E-state index in [0.717, 1.165) is 5.69 Å². The molecule has 2 heterocycles. The van der Waals surface area contributed by atoms with Crippen molar-refractivity contribution in [1.82, 2.24) is 9.88 Å². The maximum atomic E-state index is 12.1. The maximum Gasteiger partial charge on any atom is 0.409 e. The van der Waals surface area contributed by atoms with Gasteiger partial charge in [0.2, 0.25) is 5.91 Å². The zero-order chi connectivity index (χ0) is 14.5. The van der Waals surface area contributed by atoms with Gasteiger partial charge < -0.3 is 15.0 Å². The molecule has 7 heteroatoms.